The summed E-state index contributed by atoms with van der Waals surface area (Å²) in [6.45, 7) is 6.31. The quantitative estimate of drug-likeness (QED) is 0.245. The minimum absolute atomic E-state index is 0.00512. The Labute approximate surface area is 176 Å². The number of allylic oxidation sites excluding steroid dienone is 1. The predicted octanol–water partition coefficient (Wildman–Crippen LogP) is 3.94. The van der Waals surface area contributed by atoms with E-state index in [4.69, 9.17) is 9.72 Å². The number of thioether (sulfide) groups is 1. The molecule has 3 heterocycles. The highest BCUT2D eigenvalue weighted by Gasteiger charge is 2.23. The molecule has 152 valence electrons. The first-order valence-electron chi connectivity index (χ1n) is 9.43. The predicted molar refractivity (Wildman–Crippen MR) is 117 cm³/mol. The Balaban J connectivity index is 1.58. The van der Waals surface area contributed by atoms with E-state index in [1.54, 1.807) is 40.2 Å². The minimum Gasteiger partial charge on any atom is -0.490 e. The van der Waals surface area contributed by atoms with Crippen molar-refractivity contribution in [2.24, 2.45) is 0 Å². The van der Waals surface area contributed by atoms with Gasteiger partial charge in [-0.3, -0.25) is 9.36 Å². The molecule has 0 saturated heterocycles. The van der Waals surface area contributed by atoms with Gasteiger partial charge in [0.05, 0.1) is 12.0 Å². The fraction of sp³-hybridized carbons (Fsp3) is 0.333. The summed E-state index contributed by atoms with van der Waals surface area (Å²) >= 11 is 3.05. The first-order chi connectivity index (χ1) is 14.1. The molecule has 1 aliphatic rings. The van der Waals surface area contributed by atoms with Crippen LogP contribution >= 0.6 is 23.1 Å². The fourth-order valence-corrected chi connectivity index (χ4v) is 5.60. The van der Waals surface area contributed by atoms with Gasteiger partial charge in [-0.05, 0) is 31.2 Å². The van der Waals surface area contributed by atoms with E-state index in [2.05, 4.69) is 18.5 Å². The van der Waals surface area contributed by atoms with Crippen LogP contribution in [0.15, 0.2) is 46.9 Å². The second-order valence-electron chi connectivity index (χ2n) is 6.90. The van der Waals surface area contributed by atoms with Gasteiger partial charge in [-0.1, -0.05) is 30.0 Å². The van der Waals surface area contributed by atoms with Gasteiger partial charge in [0.25, 0.3) is 5.56 Å². The van der Waals surface area contributed by atoms with Crippen molar-refractivity contribution in [2.45, 2.75) is 24.7 Å². The SMILES string of the molecule is C=CCn1c(SCCOc2ccccc2F)nc2sc3c(c2c1=O)CCN(C)C3. The number of hydrogen-bond donors (Lipinski definition) is 0. The number of nitrogens with zero attached hydrogens (tertiary/aromatic N) is 3. The Morgan fingerprint density at radius 3 is 3.03 bits per heavy atom. The Bertz CT molecular complexity index is 1110. The van der Waals surface area contributed by atoms with Crippen LogP contribution < -0.4 is 10.3 Å². The summed E-state index contributed by atoms with van der Waals surface area (Å²) in [5.74, 6) is 0.404. The summed E-state index contributed by atoms with van der Waals surface area (Å²) in [7, 11) is 2.09. The smallest absolute Gasteiger partial charge is 0.263 e. The lowest BCUT2D eigenvalue weighted by Gasteiger charge is -2.21. The second kappa shape index (κ2) is 8.69. The fourth-order valence-electron chi connectivity index (χ4n) is 3.43. The molecule has 0 fully saturated rings. The number of benzene rings is 1. The van der Waals surface area contributed by atoms with Gasteiger partial charge in [-0.15, -0.1) is 17.9 Å². The van der Waals surface area contributed by atoms with E-state index in [0.29, 0.717) is 24.1 Å². The summed E-state index contributed by atoms with van der Waals surface area (Å²) in [5.41, 5.74) is 1.15. The lowest BCUT2D eigenvalue weighted by Crippen LogP contribution is -2.27. The molecule has 0 aliphatic carbocycles. The van der Waals surface area contributed by atoms with Gasteiger partial charge < -0.3 is 9.64 Å². The molecular weight excluding hydrogens is 409 g/mol. The van der Waals surface area contributed by atoms with Crippen LogP contribution in [0.1, 0.15) is 10.4 Å². The van der Waals surface area contributed by atoms with Crippen LogP contribution in [-0.4, -0.2) is 40.4 Å². The van der Waals surface area contributed by atoms with Gasteiger partial charge >= 0.3 is 0 Å². The first-order valence-corrected chi connectivity index (χ1v) is 11.2. The summed E-state index contributed by atoms with van der Waals surface area (Å²) in [6, 6.07) is 6.34. The molecule has 0 radical (unpaired) electrons. The number of rotatable bonds is 7. The van der Waals surface area contributed by atoms with Gasteiger partial charge in [0, 0.05) is 30.3 Å². The topological polar surface area (TPSA) is 47.4 Å². The van der Waals surface area contributed by atoms with Crippen molar-refractivity contribution in [3.63, 3.8) is 0 Å². The van der Waals surface area contributed by atoms with Crippen molar-refractivity contribution >= 4 is 33.3 Å². The van der Waals surface area contributed by atoms with Crippen molar-refractivity contribution in [2.75, 3.05) is 26.0 Å². The number of fused-ring (bicyclic) bond motifs is 3. The van der Waals surface area contributed by atoms with Crippen LogP contribution in [0.3, 0.4) is 0 Å². The van der Waals surface area contributed by atoms with Gasteiger partial charge in [-0.25, -0.2) is 9.37 Å². The lowest BCUT2D eigenvalue weighted by atomic mass is 10.1. The number of hydrogen-bond acceptors (Lipinski definition) is 6. The summed E-state index contributed by atoms with van der Waals surface area (Å²) in [6.07, 6.45) is 2.58. The molecule has 8 heteroatoms. The third-order valence-electron chi connectivity index (χ3n) is 4.84. The van der Waals surface area contributed by atoms with E-state index in [1.165, 1.54) is 22.7 Å². The molecule has 1 aliphatic heterocycles. The van der Waals surface area contributed by atoms with Crippen LogP contribution in [0, 0.1) is 5.82 Å². The average molecular weight is 432 g/mol. The standard InChI is InChI=1S/C21H22FN3O2S2/c1-3-9-25-20(26)18-14-8-10-24(2)13-17(14)29-19(18)23-21(25)28-12-11-27-16-7-5-4-6-15(16)22/h3-7H,1,8-13H2,2H3. The molecule has 29 heavy (non-hydrogen) atoms. The van der Waals surface area contributed by atoms with E-state index in [0.717, 1.165) is 35.3 Å². The number of thiophene rings is 1. The molecule has 3 aromatic rings. The van der Waals surface area contributed by atoms with Crippen LogP contribution in [0.4, 0.5) is 4.39 Å². The maximum Gasteiger partial charge on any atom is 0.263 e. The summed E-state index contributed by atoms with van der Waals surface area (Å²) in [5, 5.41) is 1.40. The maximum atomic E-state index is 13.7. The number of aromatic nitrogens is 2. The van der Waals surface area contributed by atoms with Crippen LogP contribution in [0.2, 0.25) is 0 Å². The molecule has 1 aromatic carbocycles. The number of likely N-dealkylation sites (N-methyl/N-ethyl adjacent to an activating group) is 1. The summed E-state index contributed by atoms with van der Waals surface area (Å²) < 4.78 is 20.9. The largest absolute Gasteiger partial charge is 0.490 e. The van der Waals surface area contributed by atoms with Crippen molar-refractivity contribution in [1.82, 2.24) is 14.5 Å². The molecule has 0 unspecified atom stereocenters. The molecule has 0 spiro atoms. The Morgan fingerprint density at radius 1 is 1.41 bits per heavy atom. The maximum absolute atomic E-state index is 13.7. The number of para-hydroxylation sites is 1. The second-order valence-corrected chi connectivity index (χ2v) is 9.04. The third-order valence-corrected chi connectivity index (χ3v) is 6.89. The van der Waals surface area contributed by atoms with Gasteiger partial charge in [0.1, 0.15) is 4.83 Å². The van der Waals surface area contributed by atoms with Gasteiger partial charge in [0.2, 0.25) is 0 Å². The highest BCUT2D eigenvalue weighted by molar-refractivity contribution is 7.99. The van der Waals surface area contributed by atoms with Crippen molar-refractivity contribution in [3.05, 3.63) is 63.5 Å². The first kappa shape index (κ1) is 20.1. The van der Waals surface area contributed by atoms with E-state index < -0.39 is 0 Å². The average Bonchev–Trinajstić information content (AvgIpc) is 3.06. The van der Waals surface area contributed by atoms with E-state index >= 15 is 0 Å². The van der Waals surface area contributed by atoms with Crippen molar-refractivity contribution in [3.8, 4) is 5.75 Å². The number of halogens is 1. The zero-order valence-corrected chi connectivity index (χ0v) is 17.8. The molecule has 0 saturated carbocycles. The van der Waals surface area contributed by atoms with Crippen molar-refractivity contribution < 1.29 is 9.13 Å². The molecule has 0 N–H and O–H groups in total. The molecule has 4 rings (SSSR count). The lowest BCUT2D eigenvalue weighted by molar-refractivity contribution is 0.318. The molecular formula is C21H22FN3O2S2. The number of ether oxygens (including phenoxy) is 1. The zero-order valence-electron chi connectivity index (χ0n) is 16.2. The molecule has 2 aromatic heterocycles. The Kier molecular flexibility index (Phi) is 6.03. The Morgan fingerprint density at radius 2 is 2.24 bits per heavy atom. The monoisotopic (exact) mass is 431 g/mol. The summed E-state index contributed by atoms with van der Waals surface area (Å²) in [4.78, 5) is 22.3. The van der Waals surface area contributed by atoms with Crippen LogP contribution in [-0.2, 0) is 19.5 Å². The minimum atomic E-state index is -0.380. The molecule has 5 nitrogen and oxygen atoms in total. The van der Waals surface area contributed by atoms with E-state index in [-0.39, 0.29) is 17.1 Å². The van der Waals surface area contributed by atoms with E-state index in [1.807, 2.05) is 0 Å². The molecule has 0 amide bonds. The zero-order chi connectivity index (χ0) is 20.4. The molecule has 0 bridgehead atoms. The van der Waals surface area contributed by atoms with Gasteiger partial charge in [0.15, 0.2) is 16.7 Å². The normalized spacial score (nSPS) is 14.1. The van der Waals surface area contributed by atoms with Gasteiger partial charge in [-0.2, -0.15) is 0 Å². The highest BCUT2D eigenvalue weighted by Crippen LogP contribution is 2.33. The van der Waals surface area contributed by atoms with E-state index in [9.17, 15) is 9.18 Å². The van der Waals surface area contributed by atoms with Crippen LogP contribution in [0.5, 0.6) is 5.75 Å². The third kappa shape index (κ3) is 4.10. The van der Waals surface area contributed by atoms with Crippen LogP contribution in [0.25, 0.3) is 10.2 Å². The Hall–Kier alpha value is -2.16. The highest BCUT2D eigenvalue weighted by atomic mass is 32.2. The van der Waals surface area contributed by atoms with Crippen molar-refractivity contribution in [1.29, 1.82) is 0 Å². The molecule has 0 atom stereocenters.